The summed E-state index contributed by atoms with van der Waals surface area (Å²) < 4.78 is 1.74. The molecule has 5 nitrogen and oxygen atoms in total. The third-order valence-electron chi connectivity index (χ3n) is 3.80. The van der Waals surface area contributed by atoms with Crippen molar-refractivity contribution in [3.63, 3.8) is 0 Å². The number of nitrogens with zero attached hydrogens (tertiary/aromatic N) is 3. The molecule has 1 N–H and O–H groups in total. The first-order chi connectivity index (χ1) is 8.25. The van der Waals surface area contributed by atoms with Gasteiger partial charge in [-0.05, 0) is 11.3 Å². The van der Waals surface area contributed by atoms with Crippen LogP contribution in [0.3, 0.4) is 0 Å². The minimum atomic E-state index is -0.738. The first kappa shape index (κ1) is 13.1. The molecular weight excluding hydrogens is 230 g/mol. The minimum absolute atomic E-state index is 0.0200. The smallest absolute Gasteiger partial charge is 0.307 e. The van der Waals surface area contributed by atoms with Crippen LogP contribution in [0.1, 0.15) is 45.3 Å². The van der Waals surface area contributed by atoms with Gasteiger partial charge in [-0.3, -0.25) is 9.48 Å². The van der Waals surface area contributed by atoms with Crippen LogP contribution in [0.5, 0.6) is 0 Å². The van der Waals surface area contributed by atoms with Gasteiger partial charge in [0.15, 0.2) is 5.82 Å². The number of rotatable bonds is 4. The maximum Gasteiger partial charge on any atom is 0.307 e. The van der Waals surface area contributed by atoms with Crippen LogP contribution in [0.2, 0.25) is 0 Å². The highest BCUT2D eigenvalue weighted by atomic mass is 16.4. The van der Waals surface area contributed by atoms with Crippen molar-refractivity contribution in [2.24, 2.45) is 24.3 Å². The second-order valence-corrected chi connectivity index (χ2v) is 6.22. The molecule has 0 saturated heterocycles. The van der Waals surface area contributed by atoms with Crippen LogP contribution in [0.4, 0.5) is 0 Å². The lowest BCUT2D eigenvalue weighted by molar-refractivity contribution is -0.139. The maximum atomic E-state index is 11.2. The molecule has 18 heavy (non-hydrogen) atoms. The summed E-state index contributed by atoms with van der Waals surface area (Å²) in [5.41, 5.74) is -0.221. The Balaban J connectivity index is 2.25. The highest BCUT2D eigenvalue weighted by Crippen LogP contribution is 2.63. The monoisotopic (exact) mass is 251 g/mol. The van der Waals surface area contributed by atoms with Crippen molar-refractivity contribution >= 4 is 5.97 Å². The summed E-state index contributed by atoms with van der Waals surface area (Å²) in [4.78, 5) is 15.7. The van der Waals surface area contributed by atoms with Crippen LogP contribution in [-0.2, 0) is 18.3 Å². The highest BCUT2D eigenvalue weighted by Gasteiger charge is 2.64. The summed E-state index contributed by atoms with van der Waals surface area (Å²) in [5, 5.41) is 13.6. The fourth-order valence-electron chi connectivity index (χ4n) is 2.75. The van der Waals surface area contributed by atoms with Crippen LogP contribution in [0.25, 0.3) is 0 Å². The molecule has 100 valence electrons. The summed E-state index contributed by atoms with van der Waals surface area (Å²) in [5.74, 6) is 1.03. The lowest BCUT2D eigenvalue weighted by Gasteiger charge is -2.00. The van der Waals surface area contributed by atoms with Crippen LogP contribution in [0.15, 0.2) is 0 Å². The number of aromatic nitrogens is 3. The Kier molecular flexibility index (Phi) is 2.95. The van der Waals surface area contributed by atoms with Gasteiger partial charge in [-0.15, -0.1) is 0 Å². The van der Waals surface area contributed by atoms with Crippen molar-refractivity contribution in [1.29, 1.82) is 0 Å². The van der Waals surface area contributed by atoms with Gasteiger partial charge in [-0.2, -0.15) is 5.10 Å². The molecule has 1 heterocycles. The van der Waals surface area contributed by atoms with Crippen LogP contribution in [-0.4, -0.2) is 25.8 Å². The quantitative estimate of drug-likeness (QED) is 0.886. The third kappa shape index (κ3) is 2.02. The summed E-state index contributed by atoms with van der Waals surface area (Å²) in [7, 11) is 1.85. The van der Waals surface area contributed by atoms with Crippen LogP contribution >= 0.6 is 0 Å². The lowest BCUT2D eigenvalue weighted by Crippen LogP contribution is -2.04. The maximum absolute atomic E-state index is 11.2. The van der Waals surface area contributed by atoms with Gasteiger partial charge in [-0.25, -0.2) is 4.98 Å². The average Bonchev–Trinajstić information content (AvgIpc) is 2.58. The number of carbonyl (C=O) groups is 1. The Hall–Kier alpha value is -1.39. The van der Waals surface area contributed by atoms with Gasteiger partial charge >= 0.3 is 5.97 Å². The number of aryl methyl sites for hydroxylation is 1. The molecule has 1 aliphatic carbocycles. The van der Waals surface area contributed by atoms with E-state index in [1.807, 2.05) is 20.9 Å². The van der Waals surface area contributed by atoms with Gasteiger partial charge in [0.05, 0.1) is 5.92 Å². The van der Waals surface area contributed by atoms with E-state index in [1.165, 1.54) is 0 Å². The Bertz CT molecular complexity index is 477. The summed E-state index contributed by atoms with van der Waals surface area (Å²) in [6.07, 6.45) is 0.832. The van der Waals surface area contributed by atoms with Gasteiger partial charge in [-0.1, -0.05) is 27.7 Å². The molecule has 0 amide bonds. The molecular formula is C13H21N3O2. The topological polar surface area (TPSA) is 68.0 Å². The fraction of sp³-hybridized carbons (Fsp3) is 0.769. The number of carboxylic acids is 1. The van der Waals surface area contributed by atoms with Crippen molar-refractivity contribution in [1.82, 2.24) is 14.8 Å². The van der Waals surface area contributed by atoms with E-state index in [0.29, 0.717) is 5.92 Å². The molecule has 0 radical (unpaired) electrons. The van der Waals surface area contributed by atoms with Gasteiger partial charge in [0, 0.05) is 19.4 Å². The van der Waals surface area contributed by atoms with E-state index in [4.69, 9.17) is 0 Å². The van der Waals surface area contributed by atoms with Gasteiger partial charge in [0.25, 0.3) is 0 Å². The Morgan fingerprint density at radius 2 is 2.11 bits per heavy atom. The van der Waals surface area contributed by atoms with Crippen molar-refractivity contribution < 1.29 is 9.90 Å². The first-order valence-corrected chi connectivity index (χ1v) is 6.37. The van der Waals surface area contributed by atoms with E-state index < -0.39 is 5.97 Å². The van der Waals surface area contributed by atoms with Crippen molar-refractivity contribution in [3.8, 4) is 0 Å². The Morgan fingerprint density at radius 3 is 2.56 bits per heavy atom. The second-order valence-electron chi connectivity index (χ2n) is 6.22. The molecule has 0 aliphatic heterocycles. The zero-order chi connectivity index (χ0) is 13.7. The molecule has 1 aliphatic rings. The second kappa shape index (κ2) is 4.07. The van der Waals surface area contributed by atoms with Crippen LogP contribution < -0.4 is 0 Å². The zero-order valence-corrected chi connectivity index (χ0v) is 11.6. The predicted molar refractivity (Wildman–Crippen MR) is 67.2 cm³/mol. The van der Waals surface area contributed by atoms with Crippen molar-refractivity contribution in [2.75, 3.05) is 0 Å². The van der Waals surface area contributed by atoms with Gasteiger partial charge < -0.3 is 5.11 Å². The lowest BCUT2D eigenvalue weighted by atomic mass is 10.1. The first-order valence-electron chi connectivity index (χ1n) is 6.37. The number of hydrogen-bond acceptors (Lipinski definition) is 3. The number of aliphatic carboxylic acids is 1. The molecule has 5 heteroatoms. The van der Waals surface area contributed by atoms with Crippen molar-refractivity contribution in [2.45, 2.75) is 40.0 Å². The minimum Gasteiger partial charge on any atom is -0.481 e. The molecule has 2 rings (SSSR count). The van der Waals surface area contributed by atoms with E-state index in [2.05, 4.69) is 23.9 Å². The van der Waals surface area contributed by atoms with Gasteiger partial charge in [0.2, 0.25) is 0 Å². The highest BCUT2D eigenvalue weighted by molar-refractivity contribution is 5.77. The molecule has 1 saturated carbocycles. The third-order valence-corrected chi connectivity index (χ3v) is 3.80. The standard InChI is InChI=1S/C13H21N3O2/c1-7(2)6-8-14-11(16(5)15-8)9-10(12(17)18)13(9,3)4/h7,9-10H,6H2,1-5H3,(H,17,18). The predicted octanol–water partition coefficient (Wildman–Crippen LogP) is 1.84. The van der Waals surface area contributed by atoms with E-state index >= 15 is 0 Å². The van der Waals surface area contributed by atoms with E-state index in [-0.39, 0.29) is 17.3 Å². The fourth-order valence-corrected chi connectivity index (χ4v) is 2.75. The molecule has 0 spiro atoms. The van der Waals surface area contributed by atoms with Crippen LogP contribution in [0, 0.1) is 17.3 Å². The zero-order valence-electron chi connectivity index (χ0n) is 11.6. The molecule has 0 bridgehead atoms. The summed E-state index contributed by atoms with van der Waals surface area (Å²) in [6.45, 7) is 8.20. The Labute approximate surface area is 107 Å². The average molecular weight is 251 g/mol. The molecule has 1 aromatic heterocycles. The molecule has 1 fully saturated rings. The number of carboxylic acid groups (broad SMARTS) is 1. The van der Waals surface area contributed by atoms with E-state index in [1.54, 1.807) is 4.68 Å². The summed E-state index contributed by atoms with van der Waals surface area (Å²) in [6, 6.07) is 0. The number of hydrogen-bond donors (Lipinski definition) is 1. The van der Waals surface area contributed by atoms with Gasteiger partial charge in [0.1, 0.15) is 5.82 Å². The van der Waals surface area contributed by atoms with E-state index in [0.717, 1.165) is 18.1 Å². The largest absolute Gasteiger partial charge is 0.481 e. The van der Waals surface area contributed by atoms with E-state index in [9.17, 15) is 9.90 Å². The molecule has 2 unspecified atom stereocenters. The molecule has 2 atom stereocenters. The Morgan fingerprint density at radius 1 is 1.50 bits per heavy atom. The SMILES string of the molecule is CC(C)Cc1nc(C2C(C(=O)O)C2(C)C)n(C)n1. The molecule has 1 aromatic rings. The van der Waals surface area contributed by atoms with Crippen molar-refractivity contribution in [3.05, 3.63) is 11.6 Å². The summed E-state index contributed by atoms with van der Waals surface area (Å²) >= 11 is 0. The normalized spacial score (nSPS) is 25.4. The molecule has 0 aromatic carbocycles.